The van der Waals surface area contributed by atoms with E-state index >= 15 is 8.78 Å². The minimum Gasteiger partial charge on any atom is -0.473 e. The third kappa shape index (κ3) is 8.40. The van der Waals surface area contributed by atoms with Gasteiger partial charge < -0.3 is 18.8 Å². The van der Waals surface area contributed by atoms with Gasteiger partial charge in [-0.05, 0) is 60.4 Å². The van der Waals surface area contributed by atoms with Crippen LogP contribution in [0.5, 0.6) is 5.88 Å². The van der Waals surface area contributed by atoms with E-state index in [0.717, 1.165) is 12.1 Å². The fraction of sp³-hybridized carbons (Fsp3) is 0.324. The van der Waals surface area contributed by atoms with Crippen molar-refractivity contribution in [3.05, 3.63) is 112 Å². The number of esters is 1. The molecule has 49 heavy (non-hydrogen) atoms. The molecule has 1 aliphatic rings. The highest BCUT2D eigenvalue weighted by Crippen LogP contribution is 2.40. The highest BCUT2D eigenvalue weighted by Gasteiger charge is 2.39. The van der Waals surface area contributed by atoms with Crippen LogP contribution in [-0.2, 0) is 22.5 Å². The predicted octanol–water partition coefficient (Wildman–Crippen LogP) is 9.30. The van der Waals surface area contributed by atoms with Gasteiger partial charge in [-0.3, -0.25) is 0 Å². The smallest absolute Gasteiger partial charge is 0.337 e. The molecule has 3 heterocycles. The Labute approximate surface area is 294 Å². The summed E-state index contributed by atoms with van der Waals surface area (Å²) in [6, 6.07) is 16.0. The van der Waals surface area contributed by atoms with Crippen molar-refractivity contribution < 1.29 is 32.2 Å². The molecule has 0 aliphatic carbocycles. The molecule has 1 unspecified atom stereocenters. The molecule has 5 aromatic rings. The molecule has 0 amide bonds. The van der Waals surface area contributed by atoms with E-state index in [0.29, 0.717) is 35.6 Å². The first kappa shape index (κ1) is 37.8. The van der Waals surface area contributed by atoms with Gasteiger partial charge in [0.2, 0.25) is 5.88 Å². The van der Waals surface area contributed by atoms with E-state index in [1.807, 2.05) is 18.4 Å². The molecular formula is C37H39ClF3N3O4S. The van der Waals surface area contributed by atoms with E-state index in [4.69, 9.17) is 30.8 Å². The highest BCUT2D eigenvalue weighted by molar-refractivity contribution is 7.79. The number of pyridine rings is 1. The lowest BCUT2D eigenvalue weighted by Gasteiger charge is -2.28. The van der Waals surface area contributed by atoms with Crippen LogP contribution >= 0.6 is 24.2 Å². The van der Waals surface area contributed by atoms with Crippen molar-refractivity contribution in [2.75, 3.05) is 26.6 Å². The van der Waals surface area contributed by atoms with E-state index in [1.165, 1.54) is 25.3 Å². The molecule has 0 radical (unpaired) electrons. The Balaban J connectivity index is 0.00000130. The van der Waals surface area contributed by atoms with Crippen LogP contribution in [0.15, 0.2) is 66.7 Å². The molecule has 1 saturated heterocycles. The number of aromatic nitrogens is 3. The number of fused-ring (bicyclic) bond motifs is 1. The number of carbonyl (C=O) groups is 1. The number of methoxy groups -OCH3 is 1. The number of nitrogens with zero attached hydrogens (tertiary/aromatic N) is 3. The maximum absolute atomic E-state index is 15.7. The second kappa shape index (κ2) is 16.6. The van der Waals surface area contributed by atoms with Crippen LogP contribution in [0.3, 0.4) is 0 Å². The third-order valence-corrected chi connectivity index (χ3v) is 8.26. The first-order valence-corrected chi connectivity index (χ1v) is 16.9. The normalized spacial score (nSPS) is 14.8. The molecular weight excluding hydrogens is 675 g/mol. The van der Waals surface area contributed by atoms with Crippen molar-refractivity contribution >= 4 is 41.2 Å². The molecule has 2 aromatic heterocycles. The number of hydrogen-bond acceptors (Lipinski definition) is 7. The first-order valence-electron chi connectivity index (χ1n) is 15.7. The minimum absolute atomic E-state index is 0.0128. The zero-order chi connectivity index (χ0) is 35.9. The molecule has 0 saturated carbocycles. The minimum atomic E-state index is -0.681. The summed E-state index contributed by atoms with van der Waals surface area (Å²) in [5.74, 6) is -1.71. The van der Waals surface area contributed by atoms with Gasteiger partial charge in [-0.2, -0.15) is 12.6 Å². The number of hydrogen-bond donors (Lipinski definition) is 1. The number of benzene rings is 3. The summed E-state index contributed by atoms with van der Waals surface area (Å²) in [5, 5.41) is 0.263. The highest BCUT2D eigenvalue weighted by atomic mass is 35.5. The number of rotatable bonds is 8. The summed E-state index contributed by atoms with van der Waals surface area (Å²) >= 11 is 9.34. The van der Waals surface area contributed by atoms with Gasteiger partial charge in [0.15, 0.2) is 0 Å². The van der Waals surface area contributed by atoms with E-state index in [-0.39, 0.29) is 57.8 Å². The first-order chi connectivity index (χ1) is 23.5. The SMILES string of the molecule is CC.COC(=O)c1ccc2nc(Cc3cc(F)c(-c4cccc(OCc5ccc(Cl)cc5F)n4)cc3F)n(C3COCC3(C)C)c2c1.CS. The van der Waals surface area contributed by atoms with Crippen LogP contribution in [-0.4, -0.2) is 47.1 Å². The molecule has 0 N–H and O–H groups in total. The lowest BCUT2D eigenvalue weighted by molar-refractivity contribution is 0.0601. The van der Waals surface area contributed by atoms with Crippen molar-refractivity contribution in [2.45, 2.75) is 46.8 Å². The summed E-state index contributed by atoms with van der Waals surface area (Å²) in [7, 11) is 1.31. The number of carbonyl (C=O) groups excluding carboxylic acids is 1. The molecule has 6 rings (SSSR count). The average Bonchev–Trinajstić information content (AvgIpc) is 3.64. The van der Waals surface area contributed by atoms with Crippen molar-refractivity contribution in [1.82, 2.24) is 14.5 Å². The number of thiol groups is 1. The van der Waals surface area contributed by atoms with Gasteiger partial charge in [-0.1, -0.05) is 51.4 Å². The van der Waals surface area contributed by atoms with Crippen LogP contribution in [0, 0.1) is 22.9 Å². The van der Waals surface area contributed by atoms with Gasteiger partial charge in [0, 0.05) is 34.1 Å². The second-order valence-electron chi connectivity index (χ2n) is 11.6. The lowest BCUT2D eigenvalue weighted by atomic mass is 9.87. The fourth-order valence-electron chi connectivity index (χ4n) is 5.57. The Morgan fingerprint density at radius 1 is 0.980 bits per heavy atom. The standard InChI is InChI=1S/C34H29ClF3N3O4.C2H6.CH4S/c1-34(2)18-44-17-30(34)41-29-12-19(33(42)43-3)8-10-28(29)39-31(41)13-21-11-26(38)23(15-25(21)37)27-5-4-6-32(40-27)45-16-20-7-9-22(35)14-24(20)36;2*1-2/h4-12,14-15,30H,13,16-18H2,1-3H3;1-2H3;2H,1H3. The van der Waals surface area contributed by atoms with Crippen LogP contribution < -0.4 is 4.74 Å². The molecule has 1 fully saturated rings. The molecule has 260 valence electrons. The second-order valence-corrected chi connectivity index (χ2v) is 12.0. The molecule has 7 nitrogen and oxygen atoms in total. The van der Waals surface area contributed by atoms with Crippen LogP contribution in [0.25, 0.3) is 22.3 Å². The topological polar surface area (TPSA) is 75.5 Å². The molecule has 1 aliphatic heterocycles. The maximum Gasteiger partial charge on any atom is 0.337 e. The summed E-state index contributed by atoms with van der Waals surface area (Å²) in [4.78, 5) is 21.4. The van der Waals surface area contributed by atoms with Crippen molar-refractivity contribution in [2.24, 2.45) is 5.41 Å². The fourth-order valence-corrected chi connectivity index (χ4v) is 5.72. The monoisotopic (exact) mass is 713 g/mol. The summed E-state index contributed by atoms with van der Waals surface area (Å²) in [6.07, 6.45) is 1.68. The molecule has 3 aromatic carbocycles. The number of imidazole rings is 1. The van der Waals surface area contributed by atoms with E-state index in [1.54, 1.807) is 42.7 Å². The van der Waals surface area contributed by atoms with Gasteiger partial charge in [-0.25, -0.2) is 27.9 Å². The zero-order valence-electron chi connectivity index (χ0n) is 28.2. The predicted molar refractivity (Wildman–Crippen MR) is 189 cm³/mol. The number of halogens is 4. The Hall–Kier alpha value is -4.06. The van der Waals surface area contributed by atoms with E-state index in [9.17, 15) is 9.18 Å². The van der Waals surface area contributed by atoms with E-state index in [2.05, 4.69) is 31.5 Å². The Bertz CT molecular complexity index is 1940. The Kier molecular flexibility index (Phi) is 12.8. The number of ether oxygens (including phenoxy) is 3. The van der Waals surface area contributed by atoms with Crippen LogP contribution in [0.2, 0.25) is 5.02 Å². The van der Waals surface area contributed by atoms with Crippen molar-refractivity contribution in [1.29, 1.82) is 0 Å². The van der Waals surface area contributed by atoms with Gasteiger partial charge >= 0.3 is 5.97 Å². The zero-order valence-corrected chi connectivity index (χ0v) is 29.8. The summed E-state index contributed by atoms with van der Waals surface area (Å²) in [5.41, 5.74) is 1.82. The Morgan fingerprint density at radius 2 is 1.71 bits per heavy atom. The quantitative estimate of drug-likeness (QED) is 0.128. The molecule has 0 bridgehead atoms. The van der Waals surface area contributed by atoms with Gasteiger partial charge in [-0.15, -0.1) is 0 Å². The summed E-state index contributed by atoms with van der Waals surface area (Å²) < 4.78 is 63.7. The van der Waals surface area contributed by atoms with Gasteiger partial charge in [0.05, 0.1) is 48.7 Å². The maximum atomic E-state index is 15.7. The summed E-state index contributed by atoms with van der Waals surface area (Å²) in [6.45, 7) is 8.92. The van der Waals surface area contributed by atoms with Crippen LogP contribution in [0.1, 0.15) is 61.0 Å². The molecule has 12 heteroatoms. The largest absolute Gasteiger partial charge is 0.473 e. The average molecular weight is 714 g/mol. The van der Waals surface area contributed by atoms with E-state index < -0.39 is 23.4 Å². The third-order valence-electron chi connectivity index (χ3n) is 8.02. The Morgan fingerprint density at radius 3 is 2.39 bits per heavy atom. The molecule has 0 spiro atoms. The lowest BCUT2D eigenvalue weighted by Crippen LogP contribution is -2.27. The van der Waals surface area contributed by atoms with Crippen molar-refractivity contribution in [3.8, 4) is 17.1 Å². The van der Waals surface area contributed by atoms with Gasteiger partial charge in [0.25, 0.3) is 0 Å². The van der Waals surface area contributed by atoms with Crippen LogP contribution in [0.4, 0.5) is 13.2 Å². The van der Waals surface area contributed by atoms with Gasteiger partial charge in [0.1, 0.15) is 29.9 Å². The van der Waals surface area contributed by atoms with Crippen molar-refractivity contribution in [3.63, 3.8) is 0 Å². The molecule has 1 atom stereocenters.